The highest BCUT2D eigenvalue weighted by molar-refractivity contribution is 5.89. The maximum atomic E-state index is 13.5. The number of amides is 1. The van der Waals surface area contributed by atoms with Crippen molar-refractivity contribution in [2.75, 3.05) is 19.8 Å². The van der Waals surface area contributed by atoms with Gasteiger partial charge in [-0.3, -0.25) is 9.69 Å². The molecule has 31 heavy (non-hydrogen) atoms. The number of allylic oxidation sites excluding steroid dienone is 2. The molecule has 164 valence electrons. The summed E-state index contributed by atoms with van der Waals surface area (Å²) in [4.78, 5) is 18.1. The minimum Gasteiger partial charge on any atom is -0.378 e. The molecule has 4 atom stereocenters. The molecule has 0 aliphatic carbocycles. The van der Waals surface area contributed by atoms with Crippen molar-refractivity contribution in [3.05, 3.63) is 71.8 Å². The zero-order valence-electron chi connectivity index (χ0n) is 18.0. The topological polar surface area (TPSA) is 44.8 Å². The predicted octanol–water partition coefficient (Wildman–Crippen LogP) is 3.35. The van der Waals surface area contributed by atoms with Crippen LogP contribution in [0.5, 0.6) is 0 Å². The van der Waals surface area contributed by atoms with Crippen LogP contribution in [0.25, 0.3) is 0 Å². The molecule has 2 saturated heterocycles. The monoisotopic (exact) mass is 423 g/mol. The molecule has 1 aromatic rings. The third kappa shape index (κ3) is 3.72. The Kier molecular flexibility index (Phi) is 5.44. The molecule has 0 spiro atoms. The van der Waals surface area contributed by atoms with Crippen LogP contribution in [0.15, 0.2) is 60.5 Å². The van der Waals surface area contributed by atoms with E-state index in [1.807, 2.05) is 24.4 Å². The molecule has 0 radical (unpaired) electrons. The second-order valence-corrected chi connectivity index (χ2v) is 9.06. The van der Waals surface area contributed by atoms with Crippen molar-refractivity contribution in [3.63, 3.8) is 0 Å². The number of fused-ring (bicyclic) bond motifs is 3. The van der Waals surface area contributed by atoms with Gasteiger partial charge >= 0.3 is 0 Å². The fraction of sp³-hybridized carbons (Fsp3) is 0.480. The first-order valence-corrected chi connectivity index (χ1v) is 11.3. The number of carbonyl (C=O) groups excluding carboxylic acids is 1. The Hall–Kier alpha value is -2.44. The van der Waals surface area contributed by atoms with Crippen LogP contribution in [0.4, 0.5) is 4.39 Å². The van der Waals surface area contributed by atoms with Crippen LogP contribution in [-0.2, 0) is 16.1 Å². The first kappa shape index (κ1) is 20.5. The number of carbonyl (C=O) groups is 1. The number of morpholine rings is 1. The first-order chi connectivity index (χ1) is 15.1. The Labute approximate surface area is 183 Å². The maximum absolute atomic E-state index is 13.5. The normalized spacial score (nSPS) is 32.0. The molecule has 4 heterocycles. The van der Waals surface area contributed by atoms with E-state index in [9.17, 15) is 9.18 Å². The van der Waals surface area contributed by atoms with Gasteiger partial charge in [-0.05, 0) is 49.1 Å². The molecule has 4 aliphatic heterocycles. The second-order valence-electron chi connectivity index (χ2n) is 9.06. The maximum Gasteiger partial charge on any atom is 0.236 e. The van der Waals surface area contributed by atoms with Gasteiger partial charge in [0, 0.05) is 43.1 Å². The van der Waals surface area contributed by atoms with Crippen molar-refractivity contribution >= 4 is 5.91 Å². The van der Waals surface area contributed by atoms with Crippen molar-refractivity contribution in [1.29, 1.82) is 0 Å². The predicted molar refractivity (Wildman–Crippen MR) is 117 cm³/mol. The summed E-state index contributed by atoms with van der Waals surface area (Å²) in [6.07, 6.45) is 12.8. The van der Waals surface area contributed by atoms with E-state index in [2.05, 4.69) is 40.3 Å². The van der Waals surface area contributed by atoms with Gasteiger partial charge in [-0.2, -0.15) is 0 Å². The van der Waals surface area contributed by atoms with Gasteiger partial charge in [-0.25, -0.2) is 4.39 Å². The molecule has 1 amide bonds. The van der Waals surface area contributed by atoms with E-state index in [0.717, 1.165) is 43.6 Å². The molecular formula is C25H30FN3O2. The van der Waals surface area contributed by atoms with Crippen LogP contribution in [0.3, 0.4) is 0 Å². The van der Waals surface area contributed by atoms with Crippen molar-refractivity contribution < 1.29 is 13.9 Å². The molecular weight excluding hydrogens is 393 g/mol. The molecule has 1 aromatic carbocycles. The Morgan fingerprint density at radius 1 is 1.23 bits per heavy atom. The third-order valence-corrected chi connectivity index (χ3v) is 7.25. The number of nitrogens with one attached hydrogen (secondary N) is 1. The summed E-state index contributed by atoms with van der Waals surface area (Å²) >= 11 is 0. The average Bonchev–Trinajstić information content (AvgIpc) is 3.16. The molecule has 6 heteroatoms. The minimum absolute atomic E-state index is 0.103. The smallest absolute Gasteiger partial charge is 0.236 e. The number of hydrogen-bond acceptors (Lipinski definition) is 4. The van der Waals surface area contributed by atoms with E-state index < -0.39 is 5.41 Å². The zero-order chi connectivity index (χ0) is 21.4. The van der Waals surface area contributed by atoms with Crippen LogP contribution >= 0.6 is 0 Å². The molecule has 5 nitrogen and oxygen atoms in total. The summed E-state index contributed by atoms with van der Waals surface area (Å²) in [6.45, 7) is 5.04. The Balaban J connectivity index is 1.28. The first-order valence-electron chi connectivity index (χ1n) is 11.3. The molecule has 5 rings (SSSR count). The highest BCUT2D eigenvalue weighted by Gasteiger charge is 2.46. The van der Waals surface area contributed by atoms with Gasteiger partial charge in [0.25, 0.3) is 0 Å². The fourth-order valence-corrected chi connectivity index (χ4v) is 5.51. The highest BCUT2D eigenvalue weighted by atomic mass is 19.1. The third-order valence-electron chi connectivity index (χ3n) is 7.25. The number of nitrogens with zero attached hydrogens (tertiary/aromatic N) is 2. The Morgan fingerprint density at radius 2 is 1.97 bits per heavy atom. The zero-order valence-corrected chi connectivity index (χ0v) is 18.0. The summed E-state index contributed by atoms with van der Waals surface area (Å²) in [5.41, 5.74) is 1.60. The summed E-state index contributed by atoms with van der Waals surface area (Å²) in [7, 11) is 0. The number of halogens is 1. The molecule has 1 unspecified atom stereocenters. The highest BCUT2D eigenvalue weighted by Crippen LogP contribution is 2.42. The number of piperidine rings is 1. The van der Waals surface area contributed by atoms with Gasteiger partial charge in [0.1, 0.15) is 11.2 Å². The fourth-order valence-electron chi connectivity index (χ4n) is 5.51. The summed E-state index contributed by atoms with van der Waals surface area (Å²) in [5, 5.41) is 3.39. The van der Waals surface area contributed by atoms with E-state index in [0.29, 0.717) is 13.2 Å². The van der Waals surface area contributed by atoms with Gasteiger partial charge in [-0.1, -0.05) is 31.2 Å². The van der Waals surface area contributed by atoms with Crippen LogP contribution in [-0.4, -0.2) is 53.6 Å². The molecule has 0 aromatic heterocycles. The second kappa shape index (κ2) is 8.24. The van der Waals surface area contributed by atoms with Crippen LogP contribution in [0.1, 0.15) is 31.7 Å². The van der Waals surface area contributed by atoms with Gasteiger partial charge < -0.3 is 15.0 Å². The summed E-state index contributed by atoms with van der Waals surface area (Å²) < 4.78 is 19.1. The van der Waals surface area contributed by atoms with Gasteiger partial charge in [-0.15, -0.1) is 0 Å². The van der Waals surface area contributed by atoms with E-state index in [1.54, 1.807) is 0 Å². The SMILES string of the molecule is CCC1(C(=O)N[C@H]2C[C@H]3COC[C@@H](C2)N3Cc2ccc(F)cc2)C=CN2CC=CC=C21. The van der Waals surface area contributed by atoms with Gasteiger partial charge in [0.05, 0.1) is 13.2 Å². The van der Waals surface area contributed by atoms with Gasteiger partial charge in [0.15, 0.2) is 0 Å². The van der Waals surface area contributed by atoms with E-state index in [4.69, 9.17) is 4.74 Å². The molecule has 0 saturated carbocycles. The van der Waals surface area contributed by atoms with Crippen molar-refractivity contribution in [3.8, 4) is 0 Å². The Morgan fingerprint density at radius 3 is 2.68 bits per heavy atom. The number of hydrogen-bond donors (Lipinski definition) is 1. The molecule has 1 N–H and O–H groups in total. The largest absolute Gasteiger partial charge is 0.378 e. The lowest BCUT2D eigenvalue weighted by atomic mass is 9.80. The average molecular weight is 424 g/mol. The number of rotatable bonds is 5. The van der Waals surface area contributed by atoms with E-state index in [-0.39, 0.29) is 29.8 Å². The lowest BCUT2D eigenvalue weighted by Gasteiger charge is -2.49. The summed E-state index contributed by atoms with van der Waals surface area (Å²) in [6, 6.07) is 7.41. The van der Waals surface area contributed by atoms with Crippen LogP contribution < -0.4 is 5.32 Å². The van der Waals surface area contributed by atoms with Crippen LogP contribution in [0, 0.1) is 11.2 Å². The quantitative estimate of drug-likeness (QED) is 0.789. The lowest BCUT2D eigenvalue weighted by molar-refractivity contribution is -0.130. The molecule has 4 aliphatic rings. The van der Waals surface area contributed by atoms with Crippen molar-refractivity contribution in [2.24, 2.45) is 5.41 Å². The van der Waals surface area contributed by atoms with Crippen LogP contribution in [0.2, 0.25) is 0 Å². The van der Waals surface area contributed by atoms with E-state index >= 15 is 0 Å². The van der Waals surface area contributed by atoms with E-state index in [1.165, 1.54) is 12.1 Å². The Bertz CT molecular complexity index is 911. The van der Waals surface area contributed by atoms with Gasteiger partial charge in [0.2, 0.25) is 5.91 Å². The minimum atomic E-state index is -0.582. The lowest BCUT2D eigenvalue weighted by Crippen LogP contribution is -2.61. The standard InChI is InChI=1S/C25H30FN3O2/c1-2-25(10-12-28-11-4-3-5-23(25)28)24(30)27-20-13-21-16-31-17-22(14-20)29(21)15-18-6-8-19(26)9-7-18/h3-10,12,20-22H,2,11,13-17H2,1H3,(H,27,30)/t20-,21-,22+,25?. The summed E-state index contributed by atoms with van der Waals surface area (Å²) in [5.74, 6) is -0.104. The molecule has 2 fully saturated rings. The molecule has 2 bridgehead atoms. The number of benzene rings is 1. The van der Waals surface area contributed by atoms with Crippen molar-refractivity contribution in [1.82, 2.24) is 15.1 Å². The number of ether oxygens (including phenoxy) is 1. The van der Waals surface area contributed by atoms with Crippen molar-refractivity contribution in [2.45, 2.75) is 50.9 Å².